The van der Waals surface area contributed by atoms with Crippen molar-refractivity contribution < 1.29 is 4.74 Å². The Kier molecular flexibility index (Phi) is 3.08. The first-order valence-corrected chi connectivity index (χ1v) is 6.73. The van der Waals surface area contributed by atoms with Gasteiger partial charge in [-0.05, 0) is 55.9 Å². The fourth-order valence-corrected chi connectivity index (χ4v) is 3.07. The number of nitrogens with zero attached hydrogens (tertiary/aromatic N) is 1. The third kappa shape index (κ3) is 2.03. The minimum Gasteiger partial charge on any atom is -0.495 e. The molecule has 2 aliphatic rings. The number of piperidine rings is 1. The van der Waals surface area contributed by atoms with Crippen LogP contribution in [0.15, 0.2) is 18.3 Å². The van der Waals surface area contributed by atoms with E-state index in [2.05, 4.69) is 22.4 Å². The molecule has 3 rings (SSSR count). The van der Waals surface area contributed by atoms with E-state index in [4.69, 9.17) is 4.74 Å². The summed E-state index contributed by atoms with van der Waals surface area (Å²) in [5, 5.41) is 3.62. The van der Waals surface area contributed by atoms with Crippen molar-refractivity contribution in [1.29, 1.82) is 0 Å². The zero-order valence-electron chi connectivity index (χ0n) is 11.1. The third-order valence-corrected chi connectivity index (χ3v) is 4.12. The predicted molar refractivity (Wildman–Crippen MR) is 72.6 cm³/mol. The highest BCUT2D eigenvalue weighted by Crippen LogP contribution is 2.36. The lowest BCUT2D eigenvalue weighted by Crippen LogP contribution is -2.37. The van der Waals surface area contributed by atoms with Crippen LogP contribution >= 0.6 is 0 Å². The van der Waals surface area contributed by atoms with Crippen LogP contribution in [-0.2, 0) is 0 Å². The molecule has 18 heavy (non-hydrogen) atoms. The van der Waals surface area contributed by atoms with Crippen LogP contribution in [-0.4, -0.2) is 24.7 Å². The maximum Gasteiger partial charge on any atom is 0.140 e. The SMILES string of the molecule is COc1cc(C2=C[C@@H]3CCCN[C@@H]3C2)cnc1C. The molecule has 3 heteroatoms. The first-order valence-electron chi connectivity index (χ1n) is 6.73. The summed E-state index contributed by atoms with van der Waals surface area (Å²) in [6.45, 7) is 3.14. The highest BCUT2D eigenvalue weighted by molar-refractivity contribution is 5.69. The third-order valence-electron chi connectivity index (χ3n) is 4.12. The number of ether oxygens (including phenoxy) is 1. The molecule has 0 unspecified atom stereocenters. The quantitative estimate of drug-likeness (QED) is 0.868. The van der Waals surface area contributed by atoms with Crippen molar-refractivity contribution in [3.8, 4) is 5.75 Å². The molecule has 96 valence electrons. The van der Waals surface area contributed by atoms with Gasteiger partial charge >= 0.3 is 0 Å². The van der Waals surface area contributed by atoms with Crippen LogP contribution in [0.5, 0.6) is 5.75 Å². The molecular formula is C15H20N2O. The first kappa shape index (κ1) is 11.7. The molecule has 1 aliphatic carbocycles. The van der Waals surface area contributed by atoms with E-state index < -0.39 is 0 Å². The van der Waals surface area contributed by atoms with Crippen LogP contribution in [0.1, 0.15) is 30.5 Å². The molecule has 1 N–H and O–H groups in total. The number of methoxy groups -OCH3 is 1. The summed E-state index contributed by atoms with van der Waals surface area (Å²) >= 11 is 0. The summed E-state index contributed by atoms with van der Waals surface area (Å²) in [6.07, 6.45) is 8.14. The minimum absolute atomic E-state index is 0.640. The zero-order valence-corrected chi connectivity index (χ0v) is 11.1. The molecule has 0 radical (unpaired) electrons. The van der Waals surface area contributed by atoms with Gasteiger partial charge in [-0.25, -0.2) is 0 Å². The number of aromatic nitrogens is 1. The van der Waals surface area contributed by atoms with E-state index in [0.717, 1.165) is 24.4 Å². The van der Waals surface area contributed by atoms with Crippen LogP contribution < -0.4 is 10.1 Å². The molecule has 0 spiro atoms. The summed E-state index contributed by atoms with van der Waals surface area (Å²) in [6, 6.07) is 2.76. The summed E-state index contributed by atoms with van der Waals surface area (Å²) in [7, 11) is 1.71. The van der Waals surface area contributed by atoms with Crippen molar-refractivity contribution in [2.75, 3.05) is 13.7 Å². The van der Waals surface area contributed by atoms with Gasteiger partial charge in [-0.1, -0.05) is 6.08 Å². The highest BCUT2D eigenvalue weighted by Gasteiger charge is 2.30. The van der Waals surface area contributed by atoms with Crippen LogP contribution in [0.4, 0.5) is 0 Å². The average molecular weight is 244 g/mol. The number of pyridine rings is 1. The van der Waals surface area contributed by atoms with Gasteiger partial charge in [0.1, 0.15) is 5.75 Å². The monoisotopic (exact) mass is 244 g/mol. The van der Waals surface area contributed by atoms with Gasteiger partial charge in [-0.2, -0.15) is 0 Å². The second kappa shape index (κ2) is 4.73. The Morgan fingerprint density at radius 3 is 3.11 bits per heavy atom. The molecule has 1 saturated heterocycles. The molecule has 2 atom stereocenters. The molecule has 1 fully saturated rings. The molecule has 0 bridgehead atoms. The molecule has 2 heterocycles. The van der Waals surface area contributed by atoms with Gasteiger partial charge < -0.3 is 10.1 Å². The maximum absolute atomic E-state index is 5.36. The lowest BCUT2D eigenvalue weighted by Gasteiger charge is -2.25. The fourth-order valence-electron chi connectivity index (χ4n) is 3.07. The van der Waals surface area contributed by atoms with Gasteiger partial charge in [0.25, 0.3) is 0 Å². The average Bonchev–Trinajstić information content (AvgIpc) is 2.83. The summed E-state index contributed by atoms with van der Waals surface area (Å²) < 4.78 is 5.36. The molecule has 1 aliphatic heterocycles. The Morgan fingerprint density at radius 2 is 2.33 bits per heavy atom. The van der Waals surface area contributed by atoms with Crippen molar-refractivity contribution in [3.63, 3.8) is 0 Å². The highest BCUT2D eigenvalue weighted by atomic mass is 16.5. The van der Waals surface area contributed by atoms with Crippen molar-refractivity contribution in [3.05, 3.63) is 29.6 Å². The van der Waals surface area contributed by atoms with Gasteiger partial charge in [-0.3, -0.25) is 4.98 Å². The number of fused-ring (bicyclic) bond motifs is 1. The van der Waals surface area contributed by atoms with E-state index in [-0.39, 0.29) is 0 Å². The Balaban J connectivity index is 1.87. The fraction of sp³-hybridized carbons (Fsp3) is 0.533. The second-order valence-corrected chi connectivity index (χ2v) is 5.27. The Morgan fingerprint density at radius 1 is 1.44 bits per heavy atom. The number of hydrogen-bond donors (Lipinski definition) is 1. The van der Waals surface area contributed by atoms with Crippen molar-refractivity contribution in [1.82, 2.24) is 10.3 Å². The molecule has 0 amide bonds. The number of nitrogens with one attached hydrogen (secondary N) is 1. The normalized spacial score (nSPS) is 26.7. The van der Waals surface area contributed by atoms with Crippen LogP contribution in [0, 0.1) is 12.8 Å². The van der Waals surface area contributed by atoms with Gasteiger partial charge in [0.2, 0.25) is 0 Å². The second-order valence-electron chi connectivity index (χ2n) is 5.27. The van der Waals surface area contributed by atoms with Crippen molar-refractivity contribution in [2.45, 2.75) is 32.2 Å². The lowest BCUT2D eigenvalue weighted by molar-refractivity contribution is 0.348. The largest absolute Gasteiger partial charge is 0.495 e. The van der Waals surface area contributed by atoms with Crippen LogP contribution in [0.25, 0.3) is 5.57 Å². The summed E-state index contributed by atoms with van der Waals surface area (Å²) in [5.41, 5.74) is 3.59. The molecule has 1 aromatic heterocycles. The van der Waals surface area contributed by atoms with Gasteiger partial charge in [0, 0.05) is 12.2 Å². The van der Waals surface area contributed by atoms with Gasteiger partial charge in [-0.15, -0.1) is 0 Å². The zero-order chi connectivity index (χ0) is 12.5. The number of aryl methyl sites for hydroxylation is 1. The van der Waals surface area contributed by atoms with E-state index in [9.17, 15) is 0 Å². The summed E-state index contributed by atoms with van der Waals surface area (Å²) in [5.74, 6) is 1.59. The van der Waals surface area contributed by atoms with E-state index in [1.165, 1.54) is 24.0 Å². The molecule has 0 aromatic carbocycles. The standard InChI is InChI=1S/C15H20N2O/c1-10-15(18-2)8-13(9-17-10)12-6-11-4-3-5-16-14(11)7-12/h6,8-9,11,14,16H,3-5,7H2,1-2H3/t11-,14+/m0/s1. The van der Waals surface area contributed by atoms with Gasteiger partial charge in [0.15, 0.2) is 0 Å². The Bertz CT molecular complexity index is 481. The van der Waals surface area contributed by atoms with E-state index in [1.807, 2.05) is 13.1 Å². The molecular weight excluding hydrogens is 224 g/mol. The minimum atomic E-state index is 0.640. The summed E-state index contributed by atoms with van der Waals surface area (Å²) in [4.78, 5) is 4.43. The topological polar surface area (TPSA) is 34.1 Å². The predicted octanol–water partition coefficient (Wildman–Crippen LogP) is 2.55. The smallest absolute Gasteiger partial charge is 0.140 e. The number of hydrogen-bond acceptors (Lipinski definition) is 3. The van der Waals surface area contributed by atoms with Crippen LogP contribution in [0.2, 0.25) is 0 Å². The number of rotatable bonds is 2. The van der Waals surface area contributed by atoms with Crippen LogP contribution in [0.3, 0.4) is 0 Å². The van der Waals surface area contributed by atoms with Crippen molar-refractivity contribution in [2.24, 2.45) is 5.92 Å². The molecule has 1 aromatic rings. The van der Waals surface area contributed by atoms with E-state index in [1.54, 1.807) is 7.11 Å². The maximum atomic E-state index is 5.36. The van der Waals surface area contributed by atoms with Gasteiger partial charge in [0.05, 0.1) is 12.8 Å². The molecule has 0 saturated carbocycles. The Labute approximate surface area is 108 Å². The lowest BCUT2D eigenvalue weighted by atomic mass is 9.94. The first-order chi connectivity index (χ1) is 8.78. The Hall–Kier alpha value is -1.35. The van der Waals surface area contributed by atoms with E-state index >= 15 is 0 Å². The molecule has 3 nitrogen and oxygen atoms in total. The van der Waals surface area contributed by atoms with Crippen molar-refractivity contribution >= 4 is 5.57 Å². The van der Waals surface area contributed by atoms with E-state index in [0.29, 0.717) is 12.0 Å².